The minimum Gasteiger partial charge on any atom is -0.491 e. The standard InChI is InChI=1S/C24H22N2O3/c1-17-25-22-9-5-6-10-23(22)26(17)15-20(27)16-29-21-13-11-19(12-14-21)24(28)18-7-3-2-4-8-18/h2-14,20,27H,15-16H2,1H3/t20-/m0/s1. The van der Waals surface area contributed by atoms with Gasteiger partial charge in [-0.05, 0) is 43.3 Å². The second kappa shape index (κ2) is 8.29. The maximum atomic E-state index is 12.5. The van der Waals surface area contributed by atoms with Gasteiger partial charge in [0.2, 0.25) is 0 Å². The molecule has 1 atom stereocenters. The molecular weight excluding hydrogens is 364 g/mol. The molecule has 0 aliphatic heterocycles. The third kappa shape index (κ3) is 4.20. The molecule has 1 N–H and O–H groups in total. The summed E-state index contributed by atoms with van der Waals surface area (Å²) in [5.41, 5.74) is 3.16. The molecule has 0 unspecified atom stereocenters. The van der Waals surface area contributed by atoms with Crippen LogP contribution in [0.15, 0.2) is 78.9 Å². The Hall–Kier alpha value is -3.44. The number of hydrogen-bond acceptors (Lipinski definition) is 4. The quantitative estimate of drug-likeness (QED) is 0.487. The van der Waals surface area contributed by atoms with Crippen molar-refractivity contribution < 1.29 is 14.6 Å². The van der Waals surface area contributed by atoms with Crippen LogP contribution in [0.25, 0.3) is 11.0 Å². The summed E-state index contributed by atoms with van der Waals surface area (Å²) in [5.74, 6) is 1.44. The molecule has 5 heteroatoms. The van der Waals surface area contributed by atoms with Gasteiger partial charge in [-0.15, -0.1) is 0 Å². The van der Waals surface area contributed by atoms with Gasteiger partial charge in [0.15, 0.2) is 5.78 Å². The van der Waals surface area contributed by atoms with Crippen molar-refractivity contribution >= 4 is 16.8 Å². The van der Waals surface area contributed by atoms with Crippen LogP contribution >= 0.6 is 0 Å². The normalized spacial score (nSPS) is 12.1. The van der Waals surface area contributed by atoms with Gasteiger partial charge >= 0.3 is 0 Å². The number of aliphatic hydroxyl groups is 1. The van der Waals surface area contributed by atoms with E-state index in [2.05, 4.69) is 4.98 Å². The zero-order chi connectivity index (χ0) is 20.2. The van der Waals surface area contributed by atoms with E-state index in [0.29, 0.717) is 23.4 Å². The minimum absolute atomic E-state index is 0.0281. The van der Waals surface area contributed by atoms with Crippen LogP contribution in [0, 0.1) is 6.92 Å². The predicted octanol–water partition coefficient (Wildman–Crippen LogP) is 4.02. The van der Waals surface area contributed by atoms with Crippen LogP contribution in [-0.2, 0) is 6.54 Å². The lowest BCUT2D eigenvalue weighted by Gasteiger charge is -2.15. The van der Waals surface area contributed by atoms with Gasteiger partial charge in [0.25, 0.3) is 0 Å². The van der Waals surface area contributed by atoms with Crippen molar-refractivity contribution in [2.45, 2.75) is 19.6 Å². The zero-order valence-corrected chi connectivity index (χ0v) is 16.2. The molecular formula is C24H22N2O3. The molecule has 0 saturated carbocycles. The summed E-state index contributed by atoms with van der Waals surface area (Å²) in [6, 6.07) is 24.0. The molecule has 0 radical (unpaired) electrons. The van der Waals surface area contributed by atoms with E-state index in [1.165, 1.54) is 0 Å². The van der Waals surface area contributed by atoms with E-state index in [1.807, 2.05) is 54.0 Å². The summed E-state index contributed by atoms with van der Waals surface area (Å²) >= 11 is 0. The van der Waals surface area contributed by atoms with Gasteiger partial charge in [0.05, 0.1) is 17.6 Å². The molecule has 0 aliphatic carbocycles. The Kier molecular flexibility index (Phi) is 5.40. The van der Waals surface area contributed by atoms with Crippen LogP contribution in [0.4, 0.5) is 0 Å². The highest BCUT2D eigenvalue weighted by Crippen LogP contribution is 2.18. The molecule has 0 amide bonds. The molecule has 4 rings (SSSR count). The first-order chi connectivity index (χ1) is 14.1. The molecule has 4 aromatic rings. The van der Waals surface area contributed by atoms with Gasteiger partial charge in [-0.1, -0.05) is 42.5 Å². The second-order valence-electron chi connectivity index (χ2n) is 6.94. The van der Waals surface area contributed by atoms with Crippen molar-refractivity contribution in [3.63, 3.8) is 0 Å². The number of aryl methyl sites for hydroxylation is 1. The smallest absolute Gasteiger partial charge is 0.193 e. The Morgan fingerprint density at radius 3 is 2.38 bits per heavy atom. The number of ketones is 1. The number of hydrogen-bond donors (Lipinski definition) is 1. The molecule has 0 saturated heterocycles. The molecule has 5 nitrogen and oxygen atoms in total. The minimum atomic E-state index is -0.683. The number of imidazole rings is 1. The monoisotopic (exact) mass is 386 g/mol. The molecule has 0 bridgehead atoms. The summed E-state index contributed by atoms with van der Waals surface area (Å²) < 4.78 is 7.70. The fraction of sp³-hybridized carbons (Fsp3) is 0.167. The van der Waals surface area contributed by atoms with Gasteiger partial charge in [-0.25, -0.2) is 4.98 Å². The number of para-hydroxylation sites is 2. The SMILES string of the molecule is Cc1nc2ccccc2n1C[C@H](O)COc1ccc(C(=O)c2ccccc2)cc1. The van der Waals surface area contributed by atoms with Gasteiger partial charge in [-0.3, -0.25) is 4.79 Å². The second-order valence-corrected chi connectivity index (χ2v) is 6.94. The lowest BCUT2D eigenvalue weighted by Crippen LogP contribution is -2.24. The molecule has 1 heterocycles. The largest absolute Gasteiger partial charge is 0.491 e. The Morgan fingerprint density at radius 2 is 1.62 bits per heavy atom. The van der Waals surface area contributed by atoms with Crippen LogP contribution in [0.5, 0.6) is 5.75 Å². The number of ether oxygens (including phenoxy) is 1. The fourth-order valence-corrected chi connectivity index (χ4v) is 3.34. The number of aliphatic hydroxyl groups excluding tert-OH is 1. The summed E-state index contributed by atoms with van der Waals surface area (Å²) in [6.45, 7) is 2.48. The summed E-state index contributed by atoms with van der Waals surface area (Å²) in [4.78, 5) is 17.0. The number of nitrogens with zero attached hydrogens (tertiary/aromatic N) is 2. The Morgan fingerprint density at radius 1 is 0.966 bits per heavy atom. The summed E-state index contributed by atoms with van der Waals surface area (Å²) in [7, 11) is 0. The average Bonchev–Trinajstić information content (AvgIpc) is 3.08. The van der Waals surface area contributed by atoms with Crippen molar-refractivity contribution in [3.05, 3.63) is 95.8 Å². The number of fused-ring (bicyclic) bond motifs is 1. The molecule has 1 aromatic heterocycles. The lowest BCUT2D eigenvalue weighted by atomic mass is 10.0. The first-order valence-electron chi connectivity index (χ1n) is 9.54. The third-order valence-corrected chi connectivity index (χ3v) is 4.83. The third-order valence-electron chi connectivity index (χ3n) is 4.83. The van der Waals surface area contributed by atoms with E-state index in [0.717, 1.165) is 16.9 Å². The molecule has 146 valence electrons. The molecule has 29 heavy (non-hydrogen) atoms. The van der Waals surface area contributed by atoms with E-state index in [4.69, 9.17) is 4.74 Å². The molecule has 3 aromatic carbocycles. The van der Waals surface area contributed by atoms with Crippen LogP contribution in [0.2, 0.25) is 0 Å². The lowest BCUT2D eigenvalue weighted by molar-refractivity contribution is 0.0928. The van der Waals surface area contributed by atoms with Crippen LogP contribution in [0.1, 0.15) is 21.7 Å². The van der Waals surface area contributed by atoms with Gasteiger partial charge in [-0.2, -0.15) is 0 Å². The van der Waals surface area contributed by atoms with E-state index in [1.54, 1.807) is 36.4 Å². The van der Waals surface area contributed by atoms with Crippen LogP contribution < -0.4 is 4.74 Å². The predicted molar refractivity (Wildman–Crippen MR) is 112 cm³/mol. The first kappa shape index (κ1) is 18.9. The highest BCUT2D eigenvalue weighted by Gasteiger charge is 2.13. The van der Waals surface area contributed by atoms with E-state index >= 15 is 0 Å². The number of carbonyl (C=O) groups excluding carboxylic acids is 1. The van der Waals surface area contributed by atoms with Crippen LogP contribution in [-0.4, -0.2) is 33.2 Å². The number of aromatic nitrogens is 2. The van der Waals surface area contributed by atoms with E-state index in [-0.39, 0.29) is 12.4 Å². The number of carbonyl (C=O) groups is 1. The summed E-state index contributed by atoms with van der Waals surface area (Å²) in [5, 5.41) is 10.4. The van der Waals surface area contributed by atoms with Crippen LogP contribution in [0.3, 0.4) is 0 Å². The topological polar surface area (TPSA) is 64.3 Å². The van der Waals surface area contributed by atoms with Gasteiger partial charge in [0.1, 0.15) is 24.3 Å². The van der Waals surface area contributed by atoms with E-state index in [9.17, 15) is 9.90 Å². The van der Waals surface area contributed by atoms with Crippen molar-refractivity contribution in [2.24, 2.45) is 0 Å². The number of rotatable bonds is 7. The highest BCUT2D eigenvalue weighted by atomic mass is 16.5. The van der Waals surface area contributed by atoms with Gasteiger partial charge in [0, 0.05) is 11.1 Å². The maximum Gasteiger partial charge on any atom is 0.193 e. The summed E-state index contributed by atoms with van der Waals surface area (Å²) in [6.07, 6.45) is -0.683. The molecule has 0 aliphatic rings. The highest BCUT2D eigenvalue weighted by molar-refractivity contribution is 6.08. The van der Waals surface area contributed by atoms with Crippen molar-refractivity contribution in [1.82, 2.24) is 9.55 Å². The Balaban J connectivity index is 1.37. The Bertz CT molecular complexity index is 1120. The Labute approximate surface area is 169 Å². The molecule has 0 spiro atoms. The fourth-order valence-electron chi connectivity index (χ4n) is 3.34. The van der Waals surface area contributed by atoms with Crippen molar-refractivity contribution in [1.29, 1.82) is 0 Å². The maximum absolute atomic E-state index is 12.5. The molecule has 0 fully saturated rings. The number of benzene rings is 3. The van der Waals surface area contributed by atoms with Gasteiger partial charge < -0.3 is 14.4 Å². The van der Waals surface area contributed by atoms with E-state index < -0.39 is 6.10 Å². The average molecular weight is 386 g/mol. The first-order valence-corrected chi connectivity index (χ1v) is 9.54. The van der Waals surface area contributed by atoms with Crippen molar-refractivity contribution in [2.75, 3.05) is 6.61 Å². The van der Waals surface area contributed by atoms with Crippen molar-refractivity contribution in [3.8, 4) is 5.75 Å². The zero-order valence-electron chi connectivity index (χ0n) is 16.2.